The third kappa shape index (κ3) is 3.64. The molecule has 1 aromatic heterocycles. The molecule has 104 valence electrons. The summed E-state index contributed by atoms with van der Waals surface area (Å²) in [6.07, 6.45) is 5.49. The molecular weight excluding hydrogens is 242 g/mol. The molecule has 6 heteroatoms. The Kier molecular flexibility index (Phi) is 4.68. The normalized spacial score (nSPS) is 16.4. The Hall–Kier alpha value is -1.69. The van der Waals surface area contributed by atoms with Crippen molar-refractivity contribution in [3.8, 4) is 0 Å². The molecule has 2 rings (SSSR count). The number of hydrogen-bond acceptors (Lipinski definition) is 5. The molecule has 1 fully saturated rings. The summed E-state index contributed by atoms with van der Waals surface area (Å²) in [5.74, 6) is 1.50. The average Bonchev–Trinajstić information content (AvgIpc) is 2.45. The van der Waals surface area contributed by atoms with Crippen LogP contribution in [0.25, 0.3) is 0 Å². The van der Waals surface area contributed by atoms with Crippen molar-refractivity contribution >= 4 is 11.7 Å². The van der Waals surface area contributed by atoms with Crippen molar-refractivity contribution < 1.29 is 4.79 Å². The lowest BCUT2D eigenvalue weighted by Crippen LogP contribution is -2.39. The smallest absolute Gasteiger partial charge is 0.216 e. The molecule has 2 heterocycles. The molecule has 1 aliphatic rings. The van der Waals surface area contributed by atoms with Crippen LogP contribution >= 0.6 is 0 Å². The number of nitrogens with two attached hydrogens (primary N) is 1. The van der Waals surface area contributed by atoms with Gasteiger partial charge in [0, 0.05) is 45.5 Å². The number of amides is 1. The van der Waals surface area contributed by atoms with Crippen molar-refractivity contribution in [2.45, 2.75) is 26.3 Å². The lowest BCUT2D eigenvalue weighted by molar-refractivity contribution is -0.119. The van der Waals surface area contributed by atoms with Crippen LogP contribution in [0, 0.1) is 5.92 Å². The van der Waals surface area contributed by atoms with Gasteiger partial charge in [-0.05, 0) is 18.8 Å². The van der Waals surface area contributed by atoms with Gasteiger partial charge in [0.05, 0.1) is 5.69 Å². The third-order valence-electron chi connectivity index (χ3n) is 3.50. The SMILES string of the molecule is CC(=O)NCC1CCN(c2nccnc2CN)CC1. The highest BCUT2D eigenvalue weighted by Gasteiger charge is 2.21. The second-order valence-electron chi connectivity index (χ2n) is 4.90. The van der Waals surface area contributed by atoms with E-state index in [-0.39, 0.29) is 5.91 Å². The van der Waals surface area contributed by atoms with E-state index in [4.69, 9.17) is 5.73 Å². The van der Waals surface area contributed by atoms with Crippen molar-refractivity contribution in [1.29, 1.82) is 0 Å². The maximum Gasteiger partial charge on any atom is 0.216 e. The van der Waals surface area contributed by atoms with Gasteiger partial charge in [-0.2, -0.15) is 0 Å². The standard InChI is InChI=1S/C13H21N5O/c1-10(19)17-9-11-2-6-18(7-3-11)13-12(8-14)15-4-5-16-13/h4-5,11H,2-3,6-9,14H2,1H3,(H,17,19). The van der Waals surface area contributed by atoms with Crippen LogP contribution in [0.4, 0.5) is 5.82 Å². The molecule has 0 spiro atoms. The Balaban J connectivity index is 1.90. The molecule has 3 N–H and O–H groups in total. The van der Waals surface area contributed by atoms with E-state index in [9.17, 15) is 4.79 Å². The number of aromatic nitrogens is 2. The molecule has 1 aromatic rings. The van der Waals surface area contributed by atoms with Gasteiger partial charge in [-0.25, -0.2) is 4.98 Å². The van der Waals surface area contributed by atoms with Crippen molar-refractivity contribution in [1.82, 2.24) is 15.3 Å². The number of nitrogens with zero attached hydrogens (tertiary/aromatic N) is 3. The maximum atomic E-state index is 10.9. The molecule has 0 unspecified atom stereocenters. The van der Waals surface area contributed by atoms with Crippen LogP contribution in [0.15, 0.2) is 12.4 Å². The van der Waals surface area contributed by atoms with E-state index >= 15 is 0 Å². The fourth-order valence-electron chi connectivity index (χ4n) is 2.40. The summed E-state index contributed by atoms with van der Waals surface area (Å²) in [6.45, 7) is 4.62. The van der Waals surface area contributed by atoms with Gasteiger partial charge in [-0.3, -0.25) is 9.78 Å². The molecule has 19 heavy (non-hydrogen) atoms. The zero-order chi connectivity index (χ0) is 13.7. The van der Waals surface area contributed by atoms with E-state index in [2.05, 4.69) is 20.2 Å². The number of carbonyl (C=O) groups excluding carboxylic acids is 1. The number of carbonyl (C=O) groups is 1. The van der Waals surface area contributed by atoms with Gasteiger partial charge in [-0.1, -0.05) is 0 Å². The van der Waals surface area contributed by atoms with Crippen molar-refractivity contribution in [3.63, 3.8) is 0 Å². The molecule has 0 aliphatic carbocycles. The first-order valence-corrected chi connectivity index (χ1v) is 6.70. The lowest BCUT2D eigenvalue weighted by atomic mass is 9.96. The van der Waals surface area contributed by atoms with Gasteiger partial charge in [0.25, 0.3) is 0 Å². The Labute approximate surface area is 113 Å². The molecule has 1 amide bonds. The van der Waals surface area contributed by atoms with Crippen LogP contribution in [0.3, 0.4) is 0 Å². The largest absolute Gasteiger partial charge is 0.356 e. The quantitative estimate of drug-likeness (QED) is 0.815. The van der Waals surface area contributed by atoms with Gasteiger partial charge in [-0.15, -0.1) is 0 Å². The summed E-state index contributed by atoms with van der Waals surface area (Å²) in [5.41, 5.74) is 6.54. The number of hydrogen-bond donors (Lipinski definition) is 2. The molecule has 0 atom stereocenters. The van der Waals surface area contributed by atoms with Gasteiger partial charge < -0.3 is 16.0 Å². The maximum absolute atomic E-state index is 10.9. The molecule has 1 aliphatic heterocycles. The Morgan fingerprint density at radius 2 is 2.11 bits per heavy atom. The summed E-state index contributed by atoms with van der Waals surface area (Å²) in [4.78, 5) is 21.8. The fourth-order valence-corrected chi connectivity index (χ4v) is 2.40. The predicted octanol–water partition coefficient (Wildman–Crippen LogP) is 0.288. The Morgan fingerprint density at radius 3 is 2.74 bits per heavy atom. The average molecular weight is 263 g/mol. The predicted molar refractivity (Wildman–Crippen MR) is 73.5 cm³/mol. The van der Waals surface area contributed by atoms with E-state index in [1.54, 1.807) is 19.3 Å². The number of nitrogens with one attached hydrogen (secondary N) is 1. The molecule has 6 nitrogen and oxygen atoms in total. The number of anilines is 1. The van der Waals surface area contributed by atoms with Crippen LogP contribution in [-0.2, 0) is 11.3 Å². The summed E-state index contributed by atoms with van der Waals surface area (Å²) >= 11 is 0. The van der Waals surface area contributed by atoms with Gasteiger partial charge in [0.15, 0.2) is 5.82 Å². The summed E-state index contributed by atoms with van der Waals surface area (Å²) in [7, 11) is 0. The van der Waals surface area contributed by atoms with E-state index in [0.717, 1.165) is 44.0 Å². The second-order valence-corrected chi connectivity index (χ2v) is 4.90. The van der Waals surface area contributed by atoms with E-state index < -0.39 is 0 Å². The van der Waals surface area contributed by atoms with E-state index in [0.29, 0.717) is 12.5 Å². The highest BCUT2D eigenvalue weighted by atomic mass is 16.1. The van der Waals surface area contributed by atoms with Crippen LogP contribution in [-0.4, -0.2) is 35.5 Å². The minimum Gasteiger partial charge on any atom is -0.356 e. The van der Waals surface area contributed by atoms with Crippen LogP contribution < -0.4 is 16.0 Å². The minimum absolute atomic E-state index is 0.0433. The van der Waals surface area contributed by atoms with Gasteiger partial charge in [0.1, 0.15) is 0 Å². The van der Waals surface area contributed by atoms with Gasteiger partial charge in [0.2, 0.25) is 5.91 Å². The second kappa shape index (κ2) is 6.47. The number of piperidine rings is 1. The van der Waals surface area contributed by atoms with Gasteiger partial charge >= 0.3 is 0 Å². The Bertz CT molecular complexity index is 429. The molecule has 0 saturated carbocycles. The minimum atomic E-state index is 0.0433. The molecule has 0 bridgehead atoms. The molecule has 0 radical (unpaired) electrons. The van der Waals surface area contributed by atoms with Crippen molar-refractivity contribution in [2.75, 3.05) is 24.5 Å². The third-order valence-corrected chi connectivity index (χ3v) is 3.50. The summed E-state index contributed by atoms with van der Waals surface area (Å²) < 4.78 is 0. The topological polar surface area (TPSA) is 84.1 Å². The fraction of sp³-hybridized carbons (Fsp3) is 0.615. The van der Waals surface area contributed by atoms with Crippen molar-refractivity contribution in [2.24, 2.45) is 11.7 Å². The van der Waals surface area contributed by atoms with Crippen LogP contribution in [0.1, 0.15) is 25.5 Å². The monoisotopic (exact) mass is 263 g/mol. The first-order valence-electron chi connectivity index (χ1n) is 6.70. The van der Waals surface area contributed by atoms with Crippen molar-refractivity contribution in [3.05, 3.63) is 18.1 Å². The Morgan fingerprint density at radius 1 is 1.42 bits per heavy atom. The van der Waals surface area contributed by atoms with E-state index in [1.807, 2.05) is 0 Å². The highest BCUT2D eigenvalue weighted by molar-refractivity contribution is 5.72. The zero-order valence-corrected chi connectivity index (χ0v) is 11.3. The van der Waals surface area contributed by atoms with E-state index in [1.165, 1.54) is 0 Å². The zero-order valence-electron chi connectivity index (χ0n) is 11.3. The van der Waals surface area contributed by atoms with Crippen LogP contribution in [0.5, 0.6) is 0 Å². The summed E-state index contributed by atoms with van der Waals surface area (Å²) in [5, 5.41) is 2.89. The molecular formula is C13H21N5O. The first-order chi connectivity index (χ1) is 9.20. The summed E-state index contributed by atoms with van der Waals surface area (Å²) in [6, 6.07) is 0. The molecule has 0 aromatic carbocycles. The molecule has 1 saturated heterocycles. The highest BCUT2D eigenvalue weighted by Crippen LogP contribution is 2.22. The number of rotatable bonds is 4. The first kappa shape index (κ1) is 13.7. The van der Waals surface area contributed by atoms with Crippen LogP contribution in [0.2, 0.25) is 0 Å². The lowest BCUT2D eigenvalue weighted by Gasteiger charge is -2.33.